The average Bonchev–Trinajstić information content (AvgIpc) is 3.18. The van der Waals surface area contributed by atoms with Crippen LogP contribution in [0.3, 0.4) is 0 Å². The summed E-state index contributed by atoms with van der Waals surface area (Å²) in [5, 5.41) is 6.84. The van der Waals surface area contributed by atoms with E-state index in [1.54, 1.807) is 13.2 Å². The van der Waals surface area contributed by atoms with Crippen molar-refractivity contribution in [2.75, 3.05) is 13.7 Å². The number of nitrogens with zero attached hydrogens (tertiary/aromatic N) is 1. The van der Waals surface area contributed by atoms with E-state index in [9.17, 15) is 4.79 Å². The maximum absolute atomic E-state index is 12.3. The van der Waals surface area contributed by atoms with Crippen LogP contribution >= 0.6 is 0 Å². The zero-order valence-electron chi connectivity index (χ0n) is 13.2. The Kier molecular flexibility index (Phi) is 3.45. The van der Waals surface area contributed by atoms with Gasteiger partial charge in [-0.3, -0.25) is 4.79 Å². The lowest BCUT2D eigenvalue weighted by molar-refractivity contribution is 0.000110. The van der Waals surface area contributed by atoms with E-state index in [1.165, 1.54) is 11.1 Å². The van der Waals surface area contributed by atoms with Crippen LogP contribution in [0.2, 0.25) is 0 Å². The molecule has 120 valence electrons. The molecule has 1 aromatic carbocycles. The summed E-state index contributed by atoms with van der Waals surface area (Å²) in [6, 6.07) is 10.1. The van der Waals surface area contributed by atoms with Gasteiger partial charge in [-0.1, -0.05) is 29.4 Å². The van der Waals surface area contributed by atoms with Crippen molar-refractivity contribution in [1.29, 1.82) is 0 Å². The molecular weight excluding hydrogens is 292 g/mol. The number of rotatable bonds is 5. The molecule has 2 aliphatic rings. The minimum absolute atomic E-state index is 0.201. The van der Waals surface area contributed by atoms with Gasteiger partial charge in [0.1, 0.15) is 5.76 Å². The Balaban J connectivity index is 1.42. The molecule has 0 aliphatic heterocycles. The first kappa shape index (κ1) is 14.5. The molecule has 4 rings (SSSR count). The minimum atomic E-state index is -0.373. The molecule has 1 fully saturated rings. The highest BCUT2D eigenvalue weighted by Gasteiger charge is 2.38. The van der Waals surface area contributed by atoms with Crippen molar-refractivity contribution >= 4 is 5.91 Å². The number of benzene rings is 1. The van der Waals surface area contributed by atoms with Gasteiger partial charge in [-0.15, -0.1) is 0 Å². The first-order valence-electron chi connectivity index (χ1n) is 8.06. The monoisotopic (exact) mass is 312 g/mol. The zero-order chi connectivity index (χ0) is 15.9. The van der Waals surface area contributed by atoms with Crippen LogP contribution in [-0.4, -0.2) is 30.3 Å². The second kappa shape index (κ2) is 5.49. The van der Waals surface area contributed by atoms with Crippen molar-refractivity contribution in [2.45, 2.75) is 37.2 Å². The number of fused-ring (bicyclic) bond motifs is 1. The molecule has 1 heterocycles. The Morgan fingerprint density at radius 2 is 2.04 bits per heavy atom. The third kappa shape index (κ3) is 2.77. The number of aromatic nitrogens is 1. The smallest absolute Gasteiger partial charge is 0.273 e. The van der Waals surface area contributed by atoms with Crippen molar-refractivity contribution < 1.29 is 14.1 Å². The number of ether oxygens (including phenoxy) is 1. The summed E-state index contributed by atoms with van der Waals surface area (Å²) < 4.78 is 11.0. The first-order chi connectivity index (χ1) is 11.2. The fourth-order valence-electron chi connectivity index (χ4n) is 3.29. The highest BCUT2D eigenvalue weighted by atomic mass is 16.5. The highest BCUT2D eigenvalue weighted by Crippen LogP contribution is 2.40. The molecule has 0 saturated heterocycles. The zero-order valence-corrected chi connectivity index (χ0v) is 13.2. The number of carbonyl (C=O) groups excluding carboxylic acids is 1. The molecule has 0 radical (unpaired) electrons. The molecule has 0 atom stereocenters. The lowest BCUT2D eigenvalue weighted by Crippen LogP contribution is -2.45. The van der Waals surface area contributed by atoms with Gasteiger partial charge < -0.3 is 14.6 Å². The summed E-state index contributed by atoms with van der Waals surface area (Å²) in [7, 11) is 1.71. The number of carbonyl (C=O) groups is 1. The first-order valence-corrected chi connectivity index (χ1v) is 8.06. The fourth-order valence-corrected chi connectivity index (χ4v) is 3.29. The molecule has 0 spiro atoms. The van der Waals surface area contributed by atoms with Crippen LogP contribution in [0.5, 0.6) is 0 Å². The van der Waals surface area contributed by atoms with E-state index in [2.05, 4.69) is 22.6 Å². The second-order valence-corrected chi connectivity index (χ2v) is 6.58. The van der Waals surface area contributed by atoms with E-state index < -0.39 is 0 Å². The van der Waals surface area contributed by atoms with E-state index in [4.69, 9.17) is 9.26 Å². The van der Waals surface area contributed by atoms with Gasteiger partial charge in [-0.25, -0.2) is 0 Å². The van der Waals surface area contributed by atoms with Gasteiger partial charge in [-0.05, 0) is 24.0 Å². The predicted octanol–water partition coefficient (Wildman–Crippen LogP) is 2.47. The Bertz CT molecular complexity index is 708. The van der Waals surface area contributed by atoms with Gasteiger partial charge in [-0.2, -0.15) is 0 Å². The van der Waals surface area contributed by atoms with Crippen molar-refractivity contribution in [3.05, 3.63) is 52.9 Å². The summed E-state index contributed by atoms with van der Waals surface area (Å²) in [5.74, 6) is 1.08. The topological polar surface area (TPSA) is 64.4 Å². The normalized spacial score (nSPS) is 18.7. The molecule has 2 aromatic rings. The minimum Gasteiger partial charge on any atom is -0.376 e. The van der Waals surface area contributed by atoms with Gasteiger partial charge in [0.25, 0.3) is 5.91 Å². The Morgan fingerprint density at radius 3 is 2.65 bits per heavy atom. The quantitative estimate of drug-likeness (QED) is 0.921. The molecular formula is C18H20N2O3. The maximum Gasteiger partial charge on any atom is 0.273 e. The number of hydrogen-bond acceptors (Lipinski definition) is 4. The number of hydrogen-bond donors (Lipinski definition) is 1. The van der Waals surface area contributed by atoms with Crippen LogP contribution in [-0.2, 0) is 17.6 Å². The summed E-state index contributed by atoms with van der Waals surface area (Å²) in [6.45, 7) is 0.461. The lowest BCUT2D eigenvalue weighted by Gasteiger charge is -2.27. The van der Waals surface area contributed by atoms with Gasteiger partial charge in [0.15, 0.2) is 5.69 Å². The van der Waals surface area contributed by atoms with E-state index in [0.717, 1.165) is 31.4 Å². The van der Waals surface area contributed by atoms with Crippen LogP contribution in [0.1, 0.15) is 46.1 Å². The van der Waals surface area contributed by atoms with E-state index in [-0.39, 0.29) is 11.5 Å². The van der Waals surface area contributed by atoms with E-state index in [1.807, 2.05) is 12.1 Å². The molecule has 0 unspecified atom stereocenters. The van der Waals surface area contributed by atoms with Gasteiger partial charge in [0, 0.05) is 38.5 Å². The molecule has 5 nitrogen and oxygen atoms in total. The highest BCUT2D eigenvalue weighted by molar-refractivity contribution is 5.92. The molecule has 1 N–H and O–H groups in total. The molecule has 5 heteroatoms. The summed E-state index contributed by atoms with van der Waals surface area (Å²) in [5.41, 5.74) is 2.57. The molecule has 1 aromatic heterocycles. The Morgan fingerprint density at radius 1 is 1.35 bits per heavy atom. The van der Waals surface area contributed by atoms with Crippen LogP contribution in [0.15, 0.2) is 34.9 Å². The summed E-state index contributed by atoms with van der Waals surface area (Å²) in [6.07, 6.45) is 3.88. The SMILES string of the molecule is COC1(CNC(=O)c2cc(C3CC3)on2)Cc2ccccc2C1. The largest absolute Gasteiger partial charge is 0.376 e. The summed E-state index contributed by atoms with van der Waals surface area (Å²) >= 11 is 0. The van der Waals surface area contributed by atoms with Crippen molar-refractivity contribution in [2.24, 2.45) is 0 Å². The van der Waals surface area contributed by atoms with Gasteiger partial charge in [0.2, 0.25) is 0 Å². The predicted molar refractivity (Wildman–Crippen MR) is 84.4 cm³/mol. The van der Waals surface area contributed by atoms with E-state index in [0.29, 0.717) is 18.2 Å². The van der Waals surface area contributed by atoms with Crippen LogP contribution < -0.4 is 5.32 Å². The average molecular weight is 312 g/mol. The fraction of sp³-hybridized carbons (Fsp3) is 0.444. The Labute approximate surface area is 135 Å². The van der Waals surface area contributed by atoms with Crippen LogP contribution in [0.4, 0.5) is 0 Å². The summed E-state index contributed by atoms with van der Waals surface area (Å²) in [4.78, 5) is 12.3. The third-order valence-electron chi connectivity index (χ3n) is 4.89. The van der Waals surface area contributed by atoms with Crippen LogP contribution in [0, 0.1) is 0 Å². The van der Waals surface area contributed by atoms with Gasteiger partial charge >= 0.3 is 0 Å². The second-order valence-electron chi connectivity index (χ2n) is 6.58. The van der Waals surface area contributed by atoms with Crippen molar-refractivity contribution in [1.82, 2.24) is 10.5 Å². The van der Waals surface area contributed by atoms with Crippen molar-refractivity contribution in [3.8, 4) is 0 Å². The number of nitrogens with one attached hydrogen (secondary N) is 1. The molecule has 2 aliphatic carbocycles. The van der Waals surface area contributed by atoms with Crippen molar-refractivity contribution in [3.63, 3.8) is 0 Å². The lowest BCUT2D eigenvalue weighted by atomic mass is 10.00. The van der Waals surface area contributed by atoms with Crippen LogP contribution in [0.25, 0.3) is 0 Å². The number of amides is 1. The molecule has 1 saturated carbocycles. The maximum atomic E-state index is 12.3. The molecule has 23 heavy (non-hydrogen) atoms. The molecule has 1 amide bonds. The standard InChI is InChI=1S/C18H20N2O3/c1-22-18(9-13-4-2-3-5-14(13)10-18)11-19-17(21)15-8-16(23-20-15)12-6-7-12/h2-5,8,12H,6-7,9-11H2,1H3,(H,19,21). The Hall–Kier alpha value is -2.14. The van der Waals surface area contributed by atoms with Gasteiger partial charge in [0.05, 0.1) is 5.60 Å². The third-order valence-corrected chi connectivity index (χ3v) is 4.89. The molecule has 0 bridgehead atoms. The van der Waals surface area contributed by atoms with E-state index >= 15 is 0 Å². The number of methoxy groups -OCH3 is 1.